The summed E-state index contributed by atoms with van der Waals surface area (Å²) < 4.78 is 10.7. The van der Waals surface area contributed by atoms with Crippen LogP contribution in [-0.2, 0) is 4.79 Å². The average Bonchev–Trinajstić information content (AvgIpc) is 3.11. The summed E-state index contributed by atoms with van der Waals surface area (Å²) >= 11 is 1.61. The molecule has 2 aromatic rings. The number of ether oxygens (including phenoxy) is 2. The zero-order valence-corrected chi connectivity index (χ0v) is 15.7. The van der Waals surface area contributed by atoms with E-state index in [0.29, 0.717) is 17.1 Å². The van der Waals surface area contributed by atoms with E-state index < -0.39 is 0 Å². The van der Waals surface area contributed by atoms with Crippen molar-refractivity contribution in [1.29, 1.82) is 0 Å². The van der Waals surface area contributed by atoms with E-state index in [4.69, 9.17) is 9.47 Å². The molecule has 0 aliphatic rings. The van der Waals surface area contributed by atoms with E-state index in [1.165, 1.54) is 14.0 Å². The van der Waals surface area contributed by atoms with Crippen LogP contribution < -0.4 is 14.8 Å². The molecule has 0 spiro atoms. The molecule has 0 radical (unpaired) electrons. The van der Waals surface area contributed by atoms with Gasteiger partial charge >= 0.3 is 0 Å². The number of benzene rings is 1. The Balaban J connectivity index is 2.05. The molecule has 0 saturated carbocycles. The van der Waals surface area contributed by atoms with Gasteiger partial charge in [-0.25, -0.2) is 0 Å². The molecular formula is C19H23NO4S. The average molecular weight is 361 g/mol. The highest BCUT2D eigenvalue weighted by Gasteiger charge is 2.20. The maximum absolute atomic E-state index is 12.3. The molecule has 1 N–H and O–H groups in total. The van der Waals surface area contributed by atoms with Crippen molar-refractivity contribution in [3.05, 3.63) is 46.2 Å². The number of ketones is 1. The van der Waals surface area contributed by atoms with E-state index in [9.17, 15) is 9.59 Å². The summed E-state index contributed by atoms with van der Waals surface area (Å²) in [5, 5.41) is 4.99. The molecule has 25 heavy (non-hydrogen) atoms. The van der Waals surface area contributed by atoms with Gasteiger partial charge in [0, 0.05) is 10.9 Å². The van der Waals surface area contributed by atoms with Crippen LogP contribution >= 0.6 is 11.3 Å². The van der Waals surface area contributed by atoms with Crippen LogP contribution in [0.4, 0.5) is 0 Å². The number of hydrogen-bond donors (Lipinski definition) is 1. The minimum absolute atomic E-state index is 0.0614. The van der Waals surface area contributed by atoms with Crippen LogP contribution in [0.3, 0.4) is 0 Å². The Hall–Kier alpha value is -2.34. The minimum Gasteiger partial charge on any atom is -0.497 e. The van der Waals surface area contributed by atoms with E-state index >= 15 is 0 Å². The van der Waals surface area contributed by atoms with Crippen molar-refractivity contribution in [3.8, 4) is 11.5 Å². The van der Waals surface area contributed by atoms with Crippen molar-refractivity contribution >= 4 is 23.0 Å². The maximum atomic E-state index is 12.3. The quantitative estimate of drug-likeness (QED) is 0.725. The summed E-state index contributed by atoms with van der Waals surface area (Å²) in [5.74, 6) is 0.812. The smallest absolute Gasteiger partial charge is 0.258 e. The van der Waals surface area contributed by atoms with Crippen molar-refractivity contribution < 1.29 is 19.1 Å². The first-order valence-electron chi connectivity index (χ1n) is 8.07. The van der Waals surface area contributed by atoms with Crippen molar-refractivity contribution in [3.63, 3.8) is 0 Å². The normalized spacial score (nSPS) is 11.9. The highest BCUT2D eigenvalue weighted by atomic mass is 32.1. The molecule has 1 atom stereocenters. The maximum Gasteiger partial charge on any atom is 0.258 e. The van der Waals surface area contributed by atoms with Gasteiger partial charge in [-0.3, -0.25) is 9.59 Å². The number of carbonyl (C=O) groups is 2. The summed E-state index contributed by atoms with van der Waals surface area (Å²) in [5.41, 5.74) is 0.423. The summed E-state index contributed by atoms with van der Waals surface area (Å²) in [7, 11) is 1.54. The Morgan fingerprint density at radius 1 is 1.24 bits per heavy atom. The molecule has 1 aromatic carbocycles. The topological polar surface area (TPSA) is 64.6 Å². The first kappa shape index (κ1) is 19.0. The largest absolute Gasteiger partial charge is 0.497 e. The highest BCUT2D eigenvalue weighted by Crippen LogP contribution is 2.27. The highest BCUT2D eigenvalue weighted by molar-refractivity contribution is 7.10. The summed E-state index contributed by atoms with van der Waals surface area (Å²) in [6.07, 6.45) is 0. The van der Waals surface area contributed by atoms with Gasteiger partial charge in [0.05, 0.1) is 18.7 Å². The van der Waals surface area contributed by atoms with Crippen LogP contribution in [-0.4, -0.2) is 25.4 Å². The first-order chi connectivity index (χ1) is 11.9. The third kappa shape index (κ3) is 5.06. The van der Waals surface area contributed by atoms with Crippen LogP contribution in [0.25, 0.3) is 0 Å². The molecule has 0 bridgehead atoms. The molecule has 0 saturated heterocycles. The molecule has 2 rings (SSSR count). The molecule has 134 valence electrons. The Bertz CT molecular complexity index is 725. The molecule has 1 unspecified atom stereocenters. The van der Waals surface area contributed by atoms with E-state index in [-0.39, 0.29) is 30.3 Å². The summed E-state index contributed by atoms with van der Waals surface area (Å²) in [6.45, 7) is 5.41. The van der Waals surface area contributed by atoms with Gasteiger partial charge in [0.2, 0.25) is 0 Å². The molecule has 0 aliphatic heterocycles. The lowest BCUT2D eigenvalue weighted by molar-refractivity contribution is -0.124. The fourth-order valence-corrected chi connectivity index (χ4v) is 3.38. The number of Topliss-reactive ketones (excluding diaryl/α,β-unsaturated/α-hetero) is 1. The standard InChI is InChI=1S/C19H23NO4S/c1-12(2)19(17-6-5-9-25-17)20-18(22)11-24-16-10-14(23-4)7-8-15(16)13(3)21/h5-10,12,19H,11H2,1-4H3,(H,20,22). The lowest BCUT2D eigenvalue weighted by Gasteiger charge is -2.21. The minimum atomic E-state index is -0.232. The number of methoxy groups -OCH3 is 1. The Morgan fingerprint density at radius 2 is 2.00 bits per heavy atom. The molecule has 1 amide bonds. The van der Waals surface area contributed by atoms with E-state index in [1.807, 2.05) is 17.5 Å². The lowest BCUT2D eigenvalue weighted by atomic mass is 10.0. The van der Waals surface area contributed by atoms with Gasteiger partial charge in [-0.2, -0.15) is 0 Å². The predicted molar refractivity (Wildman–Crippen MR) is 98.5 cm³/mol. The van der Waals surface area contributed by atoms with Gasteiger partial charge in [0.1, 0.15) is 11.5 Å². The second-order valence-electron chi connectivity index (χ2n) is 6.01. The Morgan fingerprint density at radius 3 is 2.56 bits per heavy atom. The van der Waals surface area contributed by atoms with Crippen molar-refractivity contribution in [2.45, 2.75) is 26.8 Å². The predicted octanol–water partition coefficient (Wildman–Crippen LogP) is 3.85. The molecule has 0 aliphatic carbocycles. The molecule has 0 fully saturated rings. The third-order valence-corrected chi connectivity index (χ3v) is 4.72. The van der Waals surface area contributed by atoms with Crippen molar-refractivity contribution in [1.82, 2.24) is 5.32 Å². The number of carbonyl (C=O) groups excluding carboxylic acids is 2. The second-order valence-corrected chi connectivity index (χ2v) is 6.99. The molecule has 1 aromatic heterocycles. The van der Waals surface area contributed by atoms with Gasteiger partial charge < -0.3 is 14.8 Å². The van der Waals surface area contributed by atoms with Crippen LogP contribution in [0.1, 0.15) is 42.0 Å². The van der Waals surface area contributed by atoms with Crippen LogP contribution in [0.15, 0.2) is 35.7 Å². The monoisotopic (exact) mass is 361 g/mol. The van der Waals surface area contributed by atoms with Crippen molar-refractivity contribution in [2.75, 3.05) is 13.7 Å². The van der Waals surface area contributed by atoms with Crippen molar-refractivity contribution in [2.24, 2.45) is 5.92 Å². The molecule has 5 nitrogen and oxygen atoms in total. The van der Waals surface area contributed by atoms with Gasteiger partial charge in [-0.05, 0) is 36.4 Å². The van der Waals surface area contributed by atoms with Gasteiger partial charge in [0.15, 0.2) is 12.4 Å². The zero-order valence-electron chi connectivity index (χ0n) is 14.9. The first-order valence-corrected chi connectivity index (χ1v) is 8.95. The molecular weight excluding hydrogens is 338 g/mol. The number of thiophene rings is 1. The fraction of sp³-hybridized carbons (Fsp3) is 0.368. The summed E-state index contributed by atoms with van der Waals surface area (Å²) in [4.78, 5) is 25.1. The lowest BCUT2D eigenvalue weighted by Crippen LogP contribution is -2.34. The SMILES string of the molecule is COc1ccc(C(C)=O)c(OCC(=O)NC(c2cccs2)C(C)C)c1. The fourth-order valence-electron chi connectivity index (χ4n) is 2.43. The van der Waals surface area contributed by atoms with Gasteiger partial charge in [0.25, 0.3) is 5.91 Å². The molecule has 6 heteroatoms. The number of amides is 1. The van der Waals surface area contributed by atoms with E-state index in [1.54, 1.807) is 29.5 Å². The van der Waals surface area contributed by atoms with Gasteiger partial charge in [-0.15, -0.1) is 11.3 Å². The van der Waals surface area contributed by atoms with Crippen LogP contribution in [0.2, 0.25) is 0 Å². The zero-order chi connectivity index (χ0) is 18.4. The number of nitrogens with one attached hydrogen (secondary N) is 1. The van der Waals surface area contributed by atoms with Gasteiger partial charge in [-0.1, -0.05) is 19.9 Å². The Kier molecular flexibility index (Phi) is 6.58. The number of hydrogen-bond acceptors (Lipinski definition) is 5. The van der Waals surface area contributed by atoms with Crippen LogP contribution in [0, 0.1) is 5.92 Å². The Labute approximate surface area is 152 Å². The van der Waals surface area contributed by atoms with Crippen LogP contribution in [0.5, 0.6) is 11.5 Å². The van der Waals surface area contributed by atoms with E-state index in [2.05, 4.69) is 19.2 Å². The third-order valence-electron chi connectivity index (χ3n) is 3.76. The number of rotatable bonds is 8. The molecule has 1 heterocycles. The second kappa shape index (κ2) is 8.67. The summed E-state index contributed by atoms with van der Waals surface area (Å²) in [6, 6.07) is 8.85. The van der Waals surface area contributed by atoms with E-state index in [0.717, 1.165) is 4.88 Å².